The van der Waals surface area contributed by atoms with Gasteiger partial charge in [-0.3, -0.25) is 5.41 Å². The van der Waals surface area contributed by atoms with Crippen molar-refractivity contribution in [1.82, 2.24) is 9.94 Å². The first-order chi connectivity index (χ1) is 5.74. The predicted molar refractivity (Wildman–Crippen MR) is 40.8 cm³/mol. The topological polar surface area (TPSA) is 94.2 Å². The van der Waals surface area contributed by atoms with Gasteiger partial charge in [0.05, 0.1) is 6.61 Å². The van der Waals surface area contributed by atoms with Crippen molar-refractivity contribution in [3.8, 4) is 0 Å². The Morgan fingerprint density at radius 2 is 2.33 bits per heavy atom. The molecule has 0 bridgehead atoms. The molecule has 6 heteroatoms. The summed E-state index contributed by atoms with van der Waals surface area (Å²) in [6, 6.07) is 2.94. The maximum absolute atomic E-state index is 8.91. The molecule has 1 rings (SSSR count). The van der Waals surface area contributed by atoms with E-state index in [9.17, 15) is 0 Å². The van der Waals surface area contributed by atoms with Crippen LogP contribution in [0.1, 0.15) is 0 Å². The number of hydrogen-bond acceptors (Lipinski definition) is 5. The van der Waals surface area contributed by atoms with Crippen LogP contribution in [0.3, 0.4) is 0 Å². The number of nitrogens with one attached hydrogen (secondary N) is 2. The van der Waals surface area contributed by atoms with E-state index in [4.69, 9.17) is 15.7 Å². The van der Waals surface area contributed by atoms with Crippen molar-refractivity contribution < 1.29 is 10.3 Å². The molecule has 0 spiro atoms. The Balaban J connectivity index is 2.75. The van der Waals surface area contributed by atoms with Crippen LogP contribution in [-0.4, -0.2) is 33.4 Å². The molecule has 0 atom stereocenters. The first-order valence-electron chi connectivity index (χ1n) is 3.43. The van der Waals surface area contributed by atoms with E-state index in [1.54, 1.807) is 6.07 Å². The maximum Gasteiger partial charge on any atom is 0.182 e. The SMILES string of the molecule is N=c1ccc(NCCO)nn1O. The highest BCUT2D eigenvalue weighted by atomic mass is 16.5. The van der Waals surface area contributed by atoms with Crippen molar-refractivity contribution >= 4 is 5.82 Å². The zero-order valence-electron chi connectivity index (χ0n) is 6.36. The normalized spacial score (nSPS) is 9.75. The van der Waals surface area contributed by atoms with Crippen molar-refractivity contribution in [2.75, 3.05) is 18.5 Å². The minimum absolute atomic E-state index is 0.00423. The standard InChI is InChI=1S/C6H10N4O2/c7-5-1-2-6(8-3-4-11)9-10(5)12/h1-2,7,11-12H,3-4H2,(H,8,9). The van der Waals surface area contributed by atoms with Crippen molar-refractivity contribution in [3.63, 3.8) is 0 Å². The minimum atomic E-state index is -0.0930. The quantitative estimate of drug-likeness (QED) is 0.438. The molecule has 6 nitrogen and oxygen atoms in total. The lowest BCUT2D eigenvalue weighted by Crippen LogP contribution is -2.21. The molecule has 0 amide bonds. The maximum atomic E-state index is 8.91. The van der Waals surface area contributed by atoms with Crippen LogP contribution in [0.25, 0.3) is 0 Å². The molecule has 0 aliphatic rings. The molecule has 0 radical (unpaired) electrons. The average molecular weight is 170 g/mol. The van der Waals surface area contributed by atoms with E-state index in [-0.39, 0.29) is 12.1 Å². The second-order valence-corrected chi connectivity index (χ2v) is 2.14. The Kier molecular flexibility index (Phi) is 2.65. The fourth-order valence-electron chi connectivity index (χ4n) is 0.692. The van der Waals surface area contributed by atoms with Crippen LogP contribution in [0.15, 0.2) is 12.1 Å². The average Bonchev–Trinajstić information content (AvgIpc) is 2.07. The van der Waals surface area contributed by atoms with Crippen LogP contribution < -0.4 is 10.8 Å². The van der Waals surface area contributed by atoms with Crippen molar-refractivity contribution in [1.29, 1.82) is 5.41 Å². The van der Waals surface area contributed by atoms with Crippen molar-refractivity contribution in [2.24, 2.45) is 0 Å². The van der Waals surface area contributed by atoms with Gasteiger partial charge in [0.25, 0.3) is 0 Å². The van der Waals surface area contributed by atoms with Gasteiger partial charge in [-0.2, -0.15) is 0 Å². The third-order valence-electron chi connectivity index (χ3n) is 1.23. The third kappa shape index (κ3) is 1.96. The van der Waals surface area contributed by atoms with Gasteiger partial charge < -0.3 is 15.6 Å². The molecule has 0 fully saturated rings. The van der Waals surface area contributed by atoms with E-state index in [2.05, 4.69) is 10.4 Å². The van der Waals surface area contributed by atoms with E-state index in [0.717, 1.165) is 0 Å². The van der Waals surface area contributed by atoms with Crippen molar-refractivity contribution in [2.45, 2.75) is 0 Å². The Labute approximate surface area is 68.6 Å². The van der Waals surface area contributed by atoms with Gasteiger partial charge in [0.2, 0.25) is 0 Å². The molecule has 12 heavy (non-hydrogen) atoms. The van der Waals surface area contributed by atoms with E-state index >= 15 is 0 Å². The Hall–Kier alpha value is -1.56. The number of aliphatic hydroxyl groups excluding tert-OH is 1. The molecule has 0 aliphatic carbocycles. The largest absolute Gasteiger partial charge is 0.410 e. The highest BCUT2D eigenvalue weighted by Gasteiger charge is 1.93. The Bertz CT molecular complexity index is 309. The second kappa shape index (κ2) is 3.72. The van der Waals surface area contributed by atoms with Crippen LogP contribution in [0.5, 0.6) is 0 Å². The number of aliphatic hydroxyl groups is 1. The van der Waals surface area contributed by atoms with Crippen molar-refractivity contribution in [3.05, 3.63) is 17.6 Å². The summed E-state index contributed by atoms with van der Waals surface area (Å²) in [6.07, 6.45) is 0. The molecule has 1 heterocycles. The molecular formula is C6H10N4O2. The number of anilines is 1. The molecule has 0 aliphatic heterocycles. The Morgan fingerprint density at radius 1 is 1.58 bits per heavy atom. The van der Waals surface area contributed by atoms with E-state index < -0.39 is 0 Å². The summed E-state index contributed by atoms with van der Waals surface area (Å²) in [7, 11) is 0. The van der Waals surface area contributed by atoms with E-state index in [1.165, 1.54) is 6.07 Å². The lowest BCUT2D eigenvalue weighted by atomic mass is 10.5. The molecule has 4 N–H and O–H groups in total. The van der Waals surface area contributed by atoms with Crippen LogP contribution >= 0.6 is 0 Å². The smallest absolute Gasteiger partial charge is 0.182 e. The first kappa shape index (κ1) is 8.54. The number of hydrogen-bond donors (Lipinski definition) is 4. The van der Waals surface area contributed by atoms with E-state index in [0.29, 0.717) is 17.2 Å². The van der Waals surface area contributed by atoms with E-state index in [1.807, 2.05) is 0 Å². The molecule has 0 aromatic carbocycles. The van der Waals surface area contributed by atoms with Gasteiger partial charge >= 0.3 is 0 Å². The van der Waals surface area contributed by atoms with Crippen LogP contribution in [0.4, 0.5) is 5.82 Å². The minimum Gasteiger partial charge on any atom is -0.410 e. The monoisotopic (exact) mass is 170 g/mol. The summed E-state index contributed by atoms with van der Waals surface area (Å²) < 4.78 is 0. The first-order valence-corrected chi connectivity index (χ1v) is 3.43. The van der Waals surface area contributed by atoms with Gasteiger partial charge in [-0.05, 0) is 12.1 Å². The molecule has 1 aromatic rings. The van der Waals surface area contributed by atoms with Gasteiger partial charge in [-0.15, -0.1) is 5.10 Å². The highest BCUT2D eigenvalue weighted by Crippen LogP contribution is 1.94. The van der Waals surface area contributed by atoms with Gasteiger partial charge in [0.1, 0.15) is 5.82 Å². The number of rotatable bonds is 3. The highest BCUT2D eigenvalue weighted by molar-refractivity contribution is 5.31. The summed E-state index contributed by atoms with van der Waals surface area (Å²) in [5, 5.41) is 30.7. The summed E-state index contributed by atoms with van der Waals surface area (Å²) in [4.78, 5) is 0.458. The predicted octanol–water partition coefficient (Wildman–Crippen LogP) is -0.996. The molecule has 0 saturated carbocycles. The van der Waals surface area contributed by atoms with Gasteiger partial charge in [-0.25, -0.2) is 0 Å². The zero-order valence-corrected chi connectivity index (χ0v) is 6.36. The molecular weight excluding hydrogens is 160 g/mol. The summed E-state index contributed by atoms with van der Waals surface area (Å²) in [5.41, 5.74) is -0.0930. The van der Waals surface area contributed by atoms with Gasteiger partial charge in [0.15, 0.2) is 5.49 Å². The van der Waals surface area contributed by atoms with Crippen LogP contribution in [0.2, 0.25) is 0 Å². The van der Waals surface area contributed by atoms with Gasteiger partial charge in [-0.1, -0.05) is 4.85 Å². The molecule has 66 valence electrons. The molecule has 1 aromatic heterocycles. The third-order valence-corrected chi connectivity index (χ3v) is 1.23. The summed E-state index contributed by atoms with van der Waals surface area (Å²) in [6.45, 7) is 0.361. The lowest BCUT2D eigenvalue weighted by Gasteiger charge is -2.03. The molecule has 0 saturated heterocycles. The zero-order chi connectivity index (χ0) is 8.97. The number of aromatic nitrogens is 2. The van der Waals surface area contributed by atoms with Crippen LogP contribution in [0, 0.1) is 5.41 Å². The second-order valence-electron chi connectivity index (χ2n) is 2.14. The number of nitrogens with zero attached hydrogens (tertiary/aromatic N) is 2. The fraction of sp³-hybridized carbons (Fsp3) is 0.333. The summed E-state index contributed by atoms with van der Waals surface area (Å²) in [5.74, 6) is 0.419. The van der Waals surface area contributed by atoms with Crippen LogP contribution in [-0.2, 0) is 0 Å². The molecule has 0 unspecified atom stereocenters. The lowest BCUT2D eigenvalue weighted by molar-refractivity contribution is 0.131. The fourth-order valence-corrected chi connectivity index (χ4v) is 0.692. The van der Waals surface area contributed by atoms with Gasteiger partial charge in [0, 0.05) is 6.54 Å². The Morgan fingerprint density at radius 3 is 2.92 bits per heavy atom. The summed E-state index contributed by atoms with van der Waals surface area (Å²) >= 11 is 0.